The summed E-state index contributed by atoms with van der Waals surface area (Å²) in [5.41, 5.74) is 1.14. The Morgan fingerprint density at radius 3 is 2.56 bits per heavy atom. The highest BCUT2D eigenvalue weighted by Gasteiger charge is 2.09. The van der Waals surface area contributed by atoms with Crippen LogP contribution in [0.5, 0.6) is 5.75 Å². The summed E-state index contributed by atoms with van der Waals surface area (Å²) in [5.74, 6) is 2.71. The van der Waals surface area contributed by atoms with E-state index < -0.39 is 0 Å². The largest absolute Gasteiger partial charge is 0.496 e. The summed E-state index contributed by atoms with van der Waals surface area (Å²) in [4.78, 5) is 10.7. The average molecular weight is 483 g/mol. The second-order valence-electron chi connectivity index (χ2n) is 5.99. The van der Waals surface area contributed by atoms with E-state index in [9.17, 15) is 0 Å². The van der Waals surface area contributed by atoms with Crippen molar-refractivity contribution in [3.63, 3.8) is 0 Å². The molecule has 0 aliphatic carbocycles. The zero-order valence-electron chi connectivity index (χ0n) is 16.3. The average Bonchev–Trinajstić information content (AvgIpc) is 2.68. The van der Waals surface area contributed by atoms with Gasteiger partial charge in [-0.1, -0.05) is 24.3 Å². The molecule has 0 aliphatic heterocycles. The van der Waals surface area contributed by atoms with E-state index in [4.69, 9.17) is 4.74 Å². The highest BCUT2D eigenvalue weighted by molar-refractivity contribution is 14.0. The molecule has 2 N–H and O–H groups in total. The molecular weight excluding hydrogens is 453 g/mol. The van der Waals surface area contributed by atoms with E-state index in [0.29, 0.717) is 0 Å². The van der Waals surface area contributed by atoms with Crippen LogP contribution in [0.2, 0.25) is 0 Å². The number of aliphatic imine (C=N–C) groups is 1. The number of halogens is 1. The van der Waals surface area contributed by atoms with Gasteiger partial charge in [-0.2, -0.15) is 0 Å². The fraction of sp³-hybridized carbons (Fsp3) is 0.400. The van der Waals surface area contributed by atoms with Crippen LogP contribution >= 0.6 is 24.0 Å². The predicted molar refractivity (Wildman–Crippen MR) is 123 cm³/mol. The summed E-state index contributed by atoms with van der Waals surface area (Å²) < 4.78 is 5.42. The number of unbranched alkanes of at least 4 members (excludes halogenated alkanes) is 1. The van der Waals surface area contributed by atoms with E-state index in [1.54, 1.807) is 13.3 Å². The van der Waals surface area contributed by atoms with Crippen LogP contribution in [-0.4, -0.2) is 50.1 Å². The Morgan fingerprint density at radius 2 is 1.85 bits per heavy atom. The molecule has 27 heavy (non-hydrogen) atoms. The van der Waals surface area contributed by atoms with Gasteiger partial charge in [-0.25, -0.2) is 4.98 Å². The van der Waals surface area contributed by atoms with Gasteiger partial charge in [0.2, 0.25) is 0 Å². The van der Waals surface area contributed by atoms with E-state index in [2.05, 4.69) is 31.6 Å². The SMILES string of the molecule is CN=C(NCCCCNc1ccccn1)N(C)Cc1ccccc1OC.I. The first-order chi connectivity index (χ1) is 12.7. The normalized spacial score (nSPS) is 10.7. The minimum atomic E-state index is 0. The quantitative estimate of drug-likeness (QED) is 0.247. The summed E-state index contributed by atoms with van der Waals surface area (Å²) in [7, 11) is 5.54. The second-order valence-corrected chi connectivity index (χ2v) is 5.99. The third-order valence-corrected chi connectivity index (χ3v) is 4.03. The molecule has 0 radical (unpaired) electrons. The topological polar surface area (TPSA) is 61.8 Å². The standard InChI is InChI=1S/C20H29N5O.HI/c1-21-20(25(2)16-17-10-4-5-11-18(17)26-3)24-15-9-8-14-23-19-12-6-7-13-22-19;/h4-7,10-13H,8-9,14-16H2,1-3H3,(H,21,24)(H,22,23);1H. The van der Waals surface area contributed by atoms with Crippen molar-refractivity contribution in [2.24, 2.45) is 4.99 Å². The molecule has 2 aromatic rings. The van der Waals surface area contributed by atoms with Gasteiger partial charge in [0, 0.05) is 45.5 Å². The predicted octanol–water partition coefficient (Wildman–Crippen LogP) is 3.61. The van der Waals surface area contributed by atoms with E-state index in [-0.39, 0.29) is 24.0 Å². The molecule has 7 heteroatoms. The van der Waals surface area contributed by atoms with E-state index in [0.717, 1.165) is 55.6 Å². The molecule has 0 saturated carbocycles. The molecule has 0 unspecified atom stereocenters. The van der Waals surface area contributed by atoms with Crippen LogP contribution in [0.25, 0.3) is 0 Å². The van der Waals surface area contributed by atoms with Gasteiger partial charge < -0.3 is 20.3 Å². The van der Waals surface area contributed by atoms with Gasteiger partial charge in [0.05, 0.1) is 7.11 Å². The Labute approximate surface area is 179 Å². The summed E-state index contributed by atoms with van der Waals surface area (Å²) in [6, 6.07) is 13.9. The Hall–Kier alpha value is -2.03. The number of anilines is 1. The van der Waals surface area contributed by atoms with Crippen LogP contribution in [0.1, 0.15) is 18.4 Å². The third kappa shape index (κ3) is 8.03. The van der Waals surface area contributed by atoms with Crippen molar-refractivity contribution in [1.29, 1.82) is 0 Å². The van der Waals surface area contributed by atoms with E-state index in [1.165, 1.54) is 0 Å². The number of ether oxygens (including phenoxy) is 1. The second kappa shape index (κ2) is 13.2. The van der Waals surface area contributed by atoms with Gasteiger partial charge in [0.25, 0.3) is 0 Å². The van der Waals surface area contributed by atoms with Crippen LogP contribution < -0.4 is 15.4 Å². The van der Waals surface area contributed by atoms with Crippen LogP contribution in [0.3, 0.4) is 0 Å². The molecule has 0 aliphatic rings. The van der Waals surface area contributed by atoms with Crippen LogP contribution in [0.4, 0.5) is 5.82 Å². The van der Waals surface area contributed by atoms with Crippen molar-refractivity contribution < 1.29 is 4.74 Å². The lowest BCUT2D eigenvalue weighted by Gasteiger charge is -2.23. The van der Waals surface area contributed by atoms with E-state index >= 15 is 0 Å². The Bertz CT molecular complexity index is 681. The van der Waals surface area contributed by atoms with Crippen molar-refractivity contribution in [3.8, 4) is 5.75 Å². The van der Waals surface area contributed by atoms with Gasteiger partial charge in [-0.15, -0.1) is 24.0 Å². The number of rotatable bonds is 9. The number of para-hydroxylation sites is 1. The molecule has 0 saturated heterocycles. The lowest BCUT2D eigenvalue weighted by Crippen LogP contribution is -2.39. The number of nitrogens with one attached hydrogen (secondary N) is 2. The maximum Gasteiger partial charge on any atom is 0.193 e. The molecule has 1 aromatic heterocycles. The molecule has 2 rings (SSSR count). The number of methoxy groups -OCH3 is 1. The van der Waals surface area contributed by atoms with Crippen LogP contribution in [-0.2, 0) is 6.54 Å². The summed E-state index contributed by atoms with van der Waals surface area (Å²) in [5, 5.41) is 6.74. The molecule has 1 aromatic carbocycles. The first-order valence-electron chi connectivity index (χ1n) is 8.93. The zero-order chi connectivity index (χ0) is 18.6. The Kier molecular flexibility index (Phi) is 11.2. The maximum atomic E-state index is 5.42. The molecule has 0 bridgehead atoms. The maximum absolute atomic E-state index is 5.42. The number of aromatic nitrogens is 1. The summed E-state index contributed by atoms with van der Waals surface area (Å²) >= 11 is 0. The number of pyridine rings is 1. The highest BCUT2D eigenvalue weighted by atomic mass is 127. The fourth-order valence-corrected chi connectivity index (χ4v) is 2.68. The van der Waals surface area contributed by atoms with Gasteiger partial charge in [0.1, 0.15) is 11.6 Å². The molecule has 0 fully saturated rings. The summed E-state index contributed by atoms with van der Waals surface area (Å²) in [6.07, 6.45) is 3.92. The van der Waals surface area contributed by atoms with Crippen molar-refractivity contribution >= 4 is 35.8 Å². The highest BCUT2D eigenvalue weighted by Crippen LogP contribution is 2.18. The minimum absolute atomic E-state index is 0. The molecular formula is C20H30IN5O. The molecule has 1 heterocycles. The monoisotopic (exact) mass is 483 g/mol. The lowest BCUT2D eigenvalue weighted by molar-refractivity contribution is 0.396. The lowest BCUT2D eigenvalue weighted by atomic mass is 10.2. The molecule has 0 spiro atoms. The van der Waals surface area contributed by atoms with Gasteiger partial charge in [-0.3, -0.25) is 4.99 Å². The van der Waals surface area contributed by atoms with Crippen molar-refractivity contribution in [2.45, 2.75) is 19.4 Å². The van der Waals surface area contributed by atoms with Gasteiger partial charge >= 0.3 is 0 Å². The number of benzene rings is 1. The first-order valence-corrected chi connectivity index (χ1v) is 8.93. The zero-order valence-corrected chi connectivity index (χ0v) is 18.6. The minimum Gasteiger partial charge on any atom is -0.496 e. The first kappa shape index (κ1) is 23.0. The van der Waals surface area contributed by atoms with Crippen molar-refractivity contribution in [1.82, 2.24) is 15.2 Å². The number of guanidine groups is 1. The number of nitrogens with zero attached hydrogens (tertiary/aromatic N) is 3. The van der Waals surface area contributed by atoms with Crippen LogP contribution in [0, 0.1) is 0 Å². The van der Waals surface area contributed by atoms with Crippen molar-refractivity contribution in [3.05, 3.63) is 54.2 Å². The number of hydrogen-bond donors (Lipinski definition) is 2. The van der Waals surface area contributed by atoms with E-state index in [1.807, 2.05) is 50.5 Å². The Balaban J connectivity index is 0.00000364. The molecule has 0 amide bonds. The Morgan fingerprint density at radius 1 is 1.11 bits per heavy atom. The fourth-order valence-electron chi connectivity index (χ4n) is 2.68. The summed E-state index contributed by atoms with van der Waals surface area (Å²) in [6.45, 7) is 2.53. The number of hydrogen-bond acceptors (Lipinski definition) is 4. The smallest absolute Gasteiger partial charge is 0.193 e. The van der Waals surface area contributed by atoms with Gasteiger partial charge in [-0.05, 0) is 31.0 Å². The van der Waals surface area contributed by atoms with Gasteiger partial charge in [0.15, 0.2) is 5.96 Å². The molecule has 6 nitrogen and oxygen atoms in total. The van der Waals surface area contributed by atoms with Crippen LogP contribution in [0.15, 0.2) is 53.7 Å². The van der Waals surface area contributed by atoms with Crippen molar-refractivity contribution in [2.75, 3.05) is 39.6 Å². The molecule has 0 atom stereocenters. The third-order valence-electron chi connectivity index (χ3n) is 4.03. The molecule has 148 valence electrons.